The number of aliphatic imine (C=N–C) groups is 1. The molecule has 0 bridgehead atoms. The van der Waals surface area contributed by atoms with Crippen molar-refractivity contribution in [1.82, 2.24) is 0 Å². The molecule has 0 aromatic heterocycles. The number of rotatable bonds is 7. The lowest BCUT2D eigenvalue weighted by atomic mass is 10.1. The van der Waals surface area contributed by atoms with Gasteiger partial charge in [-0.15, -0.1) is 0 Å². The minimum absolute atomic E-state index is 0.811. The number of allylic oxidation sites excluding steroid dienone is 1. The van der Waals surface area contributed by atoms with E-state index in [-0.39, 0.29) is 0 Å². The molecule has 1 N–H and O–H groups in total. The SMILES string of the molecule is COc1ccc(N=C/C=C(\Nc2ccc(OC)cc2)c2ccc(Br)cc2)cc1. The summed E-state index contributed by atoms with van der Waals surface area (Å²) in [6.07, 6.45) is 3.74. The Hall–Kier alpha value is -3.05. The lowest BCUT2D eigenvalue weighted by Gasteiger charge is -2.12. The van der Waals surface area contributed by atoms with Gasteiger partial charge in [0, 0.05) is 22.1 Å². The Morgan fingerprint density at radius 1 is 0.821 bits per heavy atom. The maximum atomic E-state index is 5.22. The second kappa shape index (κ2) is 9.76. The van der Waals surface area contributed by atoms with Crippen LogP contribution in [0, 0.1) is 0 Å². The maximum Gasteiger partial charge on any atom is 0.119 e. The molecule has 28 heavy (non-hydrogen) atoms. The smallest absolute Gasteiger partial charge is 0.119 e. The highest BCUT2D eigenvalue weighted by atomic mass is 79.9. The van der Waals surface area contributed by atoms with Gasteiger partial charge in [0.2, 0.25) is 0 Å². The van der Waals surface area contributed by atoms with Crippen LogP contribution < -0.4 is 14.8 Å². The Morgan fingerprint density at radius 2 is 1.39 bits per heavy atom. The van der Waals surface area contributed by atoms with E-state index >= 15 is 0 Å². The average molecular weight is 437 g/mol. The van der Waals surface area contributed by atoms with Gasteiger partial charge < -0.3 is 14.8 Å². The number of benzene rings is 3. The van der Waals surface area contributed by atoms with Gasteiger partial charge in [-0.2, -0.15) is 0 Å². The van der Waals surface area contributed by atoms with Gasteiger partial charge in [0.1, 0.15) is 11.5 Å². The van der Waals surface area contributed by atoms with E-state index in [1.807, 2.05) is 78.9 Å². The zero-order valence-corrected chi connectivity index (χ0v) is 17.3. The van der Waals surface area contributed by atoms with Crippen molar-refractivity contribution in [2.24, 2.45) is 4.99 Å². The minimum Gasteiger partial charge on any atom is -0.497 e. The van der Waals surface area contributed by atoms with Gasteiger partial charge in [-0.25, -0.2) is 0 Å². The molecular weight excluding hydrogens is 416 g/mol. The van der Waals surface area contributed by atoms with Crippen molar-refractivity contribution in [2.45, 2.75) is 0 Å². The lowest BCUT2D eigenvalue weighted by molar-refractivity contribution is 0.415. The number of nitrogens with one attached hydrogen (secondary N) is 1. The molecule has 0 saturated carbocycles. The molecule has 3 rings (SSSR count). The van der Waals surface area contributed by atoms with Crippen molar-refractivity contribution in [3.8, 4) is 11.5 Å². The quantitative estimate of drug-likeness (QED) is 0.440. The van der Waals surface area contributed by atoms with Crippen LogP contribution in [-0.2, 0) is 0 Å². The average Bonchev–Trinajstić information content (AvgIpc) is 2.74. The van der Waals surface area contributed by atoms with E-state index in [0.29, 0.717) is 0 Å². The molecule has 142 valence electrons. The van der Waals surface area contributed by atoms with Crippen molar-refractivity contribution in [3.05, 3.63) is 88.9 Å². The molecule has 0 fully saturated rings. The molecule has 0 heterocycles. The summed E-state index contributed by atoms with van der Waals surface area (Å²) >= 11 is 3.48. The molecule has 0 amide bonds. The summed E-state index contributed by atoms with van der Waals surface area (Å²) in [7, 11) is 3.31. The largest absolute Gasteiger partial charge is 0.497 e. The summed E-state index contributed by atoms with van der Waals surface area (Å²) < 4.78 is 11.4. The third-order valence-electron chi connectivity index (χ3n) is 4.06. The van der Waals surface area contributed by atoms with Gasteiger partial charge in [-0.05, 0) is 72.3 Å². The monoisotopic (exact) mass is 436 g/mol. The zero-order valence-electron chi connectivity index (χ0n) is 15.7. The van der Waals surface area contributed by atoms with Crippen LogP contribution in [0.2, 0.25) is 0 Å². The third-order valence-corrected chi connectivity index (χ3v) is 4.59. The zero-order chi connectivity index (χ0) is 19.8. The fourth-order valence-corrected chi connectivity index (χ4v) is 2.80. The van der Waals surface area contributed by atoms with Crippen LogP contribution in [-0.4, -0.2) is 20.4 Å². The van der Waals surface area contributed by atoms with Gasteiger partial charge in [0.05, 0.1) is 19.9 Å². The van der Waals surface area contributed by atoms with Gasteiger partial charge in [0.25, 0.3) is 0 Å². The first-order chi connectivity index (χ1) is 13.7. The summed E-state index contributed by atoms with van der Waals surface area (Å²) in [6, 6.07) is 23.5. The first kappa shape index (κ1) is 19.7. The highest BCUT2D eigenvalue weighted by Crippen LogP contribution is 2.23. The molecule has 3 aromatic rings. The van der Waals surface area contributed by atoms with Crippen LogP contribution in [0.15, 0.2) is 88.3 Å². The lowest BCUT2D eigenvalue weighted by Crippen LogP contribution is -1.99. The van der Waals surface area contributed by atoms with E-state index in [9.17, 15) is 0 Å². The van der Waals surface area contributed by atoms with Crippen LogP contribution in [0.3, 0.4) is 0 Å². The number of halogens is 1. The van der Waals surface area contributed by atoms with Crippen LogP contribution in [0.25, 0.3) is 5.70 Å². The van der Waals surface area contributed by atoms with Crippen molar-refractivity contribution >= 4 is 39.2 Å². The number of anilines is 1. The molecule has 0 atom stereocenters. The van der Waals surface area contributed by atoms with Gasteiger partial charge in [-0.1, -0.05) is 28.1 Å². The van der Waals surface area contributed by atoms with Crippen molar-refractivity contribution < 1.29 is 9.47 Å². The number of hydrogen-bond donors (Lipinski definition) is 1. The normalized spacial score (nSPS) is 11.5. The summed E-state index contributed by atoms with van der Waals surface area (Å²) in [5, 5.41) is 3.45. The van der Waals surface area contributed by atoms with Crippen LogP contribution in [0.4, 0.5) is 11.4 Å². The highest BCUT2D eigenvalue weighted by Gasteiger charge is 2.03. The van der Waals surface area contributed by atoms with Crippen LogP contribution in [0.1, 0.15) is 5.56 Å². The Kier molecular flexibility index (Phi) is 6.87. The standard InChI is InChI=1S/C23H21BrN2O2/c1-27-21-11-7-19(8-12-21)25-16-15-23(17-3-5-18(24)6-4-17)26-20-9-13-22(28-2)14-10-20/h3-16,26H,1-2H3/b23-15-,25-16?. The molecule has 0 radical (unpaired) electrons. The van der Waals surface area contributed by atoms with Crippen LogP contribution in [0.5, 0.6) is 11.5 Å². The predicted octanol–water partition coefficient (Wildman–Crippen LogP) is 6.32. The van der Waals surface area contributed by atoms with E-state index < -0.39 is 0 Å². The second-order valence-electron chi connectivity index (χ2n) is 5.92. The third kappa shape index (κ3) is 5.47. The minimum atomic E-state index is 0.811. The first-order valence-corrected chi connectivity index (χ1v) is 9.52. The predicted molar refractivity (Wildman–Crippen MR) is 120 cm³/mol. The Balaban J connectivity index is 1.84. The molecule has 0 aliphatic carbocycles. The van der Waals surface area contributed by atoms with Crippen molar-refractivity contribution in [1.29, 1.82) is 0 Å². The fraction of sp³-hybridized carbons (Fsp3) is 0.0870. The molecule has 5 heteroatoms. The molecule has 3 aromatic carbocycles. The number of hydrogen-bond acceptors (Lipinski definition) is 4. The first-order valence-electron chi connectivity index (χ1n) is 8.73. The Labute approximate surface area is 173 Å². The van der Waals surface area contributed by atoms with Gasteiger partial charge >= 0.3 is 0 Å². The van der Waals surface area contributed by atoms with Crippen molar-refractivity contribution in [3.63, 3.8) is 0 Å². The second-order valence-corrected chi connectivity index (χ2v) is 6.83. The molecule has 0 aliphatic heterocycles. The molecule has 0 spiro atoms. The Bertz CT molecular complexity index is 947. The molecule has 0 unspecified atom stereocenters. The maximum absolute atomic E-state index is 5.22. The fourth-order valence-electron chi connectivity index (χ4n) is 2.54. The molecule has 0 aliphatic rings. The molecular formula is C23H21BrN2O2. The summed E-state index contributed by atoms with van der Waals surface area (Å²) in [6.45, 7) is 0. The van der Waals surface area contributed by atoms with Gasteiger partial charge in [-0.3, -0.25) is 4.99 Å². The van der Waals surface area contributed by atoms with E-state index in [1.165, 1.54) is 0 Å². The summed E-state index contributed by atoms with van der Waals surface area (Å²) in [5.74, 6) is 1.63. The number of methoxy groups -OCH3 is 2. The number of ether oxygens (including phenoxy) is 2. The van der Waals surface area contributed by atoms with E-state index in [0.717, 1.165) is 38.6 Å². The van der Waals surface area contributed by atoms with Gasteiger partial charge in [0.15, 0.2) is 0 Å². The molecule has 0 saturated heterocycles. The summed E-state index contributed by atoms with van der Waals surface area (Å²) in [5.41, 5.74) is 3.82. The topological polar surface area (TPSA) is 42.8 Å². The van der Waals surface area contributed by atoms with Crippen LogP contribution >= 0.6 is 15.9 Å². The van der Waals surface area contributed by atoms with Crippen molar-refractivity contribution in [2.75, 3.05) is 19.5 Å². The van der Waals surface area contributed by atoms with E-state index in [1.54, 1.807) is 20.4 Å². The Morgan fingerprint density at radius 3 is 1.96 bits per heavy atom. The number of nitrogens with zero attached hydrogens (tertiary/aromatic N) is 1. The van der Waals surface area contributed by atoms with E-state index in [4.69, 9.17) is 9.47 Å². The summed E-state index contributed by atoms with van der Waals surface area (Å²) in [4.78, 5) is 4.51. The van der Waals surface area contributed by atoms with E-state index in [2.05, 4.69) is 26.2 Å². The highest BCUT2D eigenvalue weighted by molar-refractivity contribution is 9.10. The molecule has 4 nitrogen and oxygen atoms in total.